The van der Waals surface area contributed by atoms with Gasteiger partial charge in [0.1, 0.15) is 0 Å². The molecule has 2 rings (SSSR count). The third kappa shape index (κ3) is 3.36. The molecule has 18 heavy (non-hydrogen) atoms. The van der Waals surface area contributed by atoms with Crippen molar-refractivity contribution in [2.24, 2.45) is 0 Å². The zero-order valence-corrected chi connectivity index (χ0v) is 11.5. The van der Waals surface area contributed by atoms with E-state index in [1.165, 1.54) is 27.9 Å². The monoisotopic (exact) mass is 239 g/mol. The lowest BCUT2D eigenvalue weighted by Gasteiger charge is -2.09. The highest BCUT2D eigenvalue weighted by Crippen LogP contribution is 2.12. The van der Waals surface area contributed by atoms with E-state index in [1.807, 2.05) is 0 Å². The number of rotatable bonds is 4. The fourth-order valence-corrected chi connectivity index (χ4v) is 2.14. The van der Waals surface area contributed by atoms with Gasteiger partial charge in [0.15, 0.2) is 0 Å². The molecule has 0 fully saturated rings. The van der Waals surface area contributed by atoms with Crippen LogP contribution in [0.2, 0.25) is 0 Å². The van der Waals surface area contributed by atoms with Crippen LogP contribution >= 0.6 is 0 Å². The average Bonchev–Trinajstić information content (AvgIpc) is 2.34. The summed E-state index contributed by atoms with van der Waals surface area (Å²) in [5.74, 6) is 0. The van der Waals surface area contributed by atoms with Gasteiger partial charge in [0.2, 0.25) is 0 Å². The van der Waals surface area contributed by atoms with Crippen LogP contribution in [0.1, 0.15) is 22.3 Å². The lowest BCUT2D eigenvalue weighted by atomic mass is 10.0. The second-order valence-corrected chi connectivity index (χ2v) is 4.97. The molecule has 0 saturated carbocycles. The highest BCUT2D eigenvalue weighted by atomic mass is 14.9. The van der Waals surface area contributed by atoms with Crippen LogP contribution in [0.25, 0.3) is 0 Å². The summed E-state index contributed by atoms with van der Waals surface area (Å²) in [4.78, 5) is 0. The minimum atomic E-state index is 0.979. The topological polar surface area (TPSA) is 12.0 Å². The van der Waals surface area contributed by atoms with Crippen LogP contribution in [0, 0.1) is 20.8 Å². The van der Waals surface area contributed by atoms with Gasteiger partial charge in [-0.15, -0.1) is 0 Å². The normalized spacial score (nSPS) is 10.4. The van der Waals surface area contributed by atoms with Crippen molar-refractivity contribution in [1.29, 1.82) is 0 Å². The van der Waals surface area contributed by atoms with Crippen LogP contribution in [0.5, 0.6) is 0 Å². The molecule has 0 aliphatic carbocycles. The van der Waals surface area contributed by atoms with Crippen LogP contribution in [0.15, 0.2) is 42.5 Å². The molecule has 0 radical (unpaired) electrons. The summed E-state index contributed by atoms with van der Waals surface area (Å²) < 4.78 is 0. The molecule has 0 atom stereocenters. The highest BCUT2D eigenvalue weighted by molar-refractivity contribution is 5.44. The summed E-state index contributed by atoms with van der Waals surface area (Å²) in [6, 6.07) is 15.2. The summed E-state index contributed by atoms with van der Waals surface area (Å²) in [5.41, 5.74) is 6.66. The maximum Gasteiger partial charge on any atom is 0.0340 e. The van der Waals surface area contributed by atoms with Crippen LogP contribution in [-0.2, 0) is 6.42 Å². The summed E-state index contributed by atoms with van der Waals surface area (Å²) in [6.45, 7) is 7.42. The SMILES string of the molecule is Cc1ccc(NCCc2ccc(C)cc2C)cc1. The van der Waals surface area contributed by atoms with E-state index in [4.69, 9.17) is 0 Å². The Morgan fingerprint density at radius 1 is 0.833 bits per heavy atom. The van der Waals surface area contributed by atoms with E-state index in [0.29, 0.717) is 0 Å². The fourth-order valence-electron chi connectivity index (χ4n) is 2.14. The molecule has 0 aromatic heterocycles. The Kier molecular flexibility index (Phi) is 4.03. The van der Waals surface area contributed by atoms with Gasteiger partial charge in [0, 0.05) is 12.2 Å². The summed E-state index contributed by atoms with van der Waals surface area (Å²) in [7, 11) is 0. The molecular weight excluding hydrogens is 218 g/mol. The maximum atomic E-state index is 3.46. The third-order valence-corrected chi connectivity index (χ3v) is 3.27. The van der Waals surface area contributed by atoms with E-state index in [-0.39, 0.29) is 0 Å². The summed E-state index contributed by atoms with van der Waals surface area (Å²) in [6.07, 6.45) is 1.07. The van der Waals surface area contributed by atoms with E-state index < -0.39 is 0 Å². The van der Waals surface area contributed by atoms with Gasteiger partial charge in [-0.1, -0.05) is 41.5 Å². The van der Waals surface area contributed by atoms with Crippen molar-refractivity contribution in [3.8, 4) is 0 Å². The Bertz CT molecular complexity index is 512. The molecule has 0 bridgehead atoms. The maximum absolute atomic E-state index is 3.46. The van der Waals surface area contributed by atoms with Crippen molar-refractivity contribution in [1.82, 2.24) is 0 Å². The van der Waals surface area contributed by atoms with E-state index in [9.17, 15) is 0 Å². The molecule has 0 spiro atoms. The van der Waals surface area contributed by atoms with Gasteiger partial charge in [0.25, 0.3) is 0 Å². The van der Waals surface area contributed by atoms with Crippen molar-refractivity contribution in [2.45, 2.75) is 27.2 Å². The van der Waals surface area contributed by atoms with Crippen LogP contribution in [-0.4, -0.2) is 6.54 Å². The minimum absolute atomic E-state index is 0.979. The Labute approximate surface area is 110 Å². The van der Waals surface area contributed by atoms with Gasteiger partial charge in [-0.05, 0) is 50.5 Å². The Morgan fingerprint density at radius 3 is 2.17 bits per heavy atom. The van der Waals surface area contributed by atoms with E-state index in [1.54, 1.807) is 0 Å². The first kappa shape index (κ1) is 12.7. The lowest BCUT2D eigenvalue weighted by Crippen LogP contribution is -2.05. The second kappa shape index (κ2) is 5.72. The molecule has 0 unspecified atom stereocenters. The molecular formula is C17H21N. The Morgan fingerprint density at radius 2 is 1.50 bits per heavy atom. The smallest absolute Gasteiger partial charge is 0.0340 e. The van der Waals surface area contributed by atoms with Gasteiger partial charge in [-0.3, -0.25) is 0 Å². The largest absolute Gasteiger partial charge is 0.385 e. The van der Waals surface area contributed by atoms with Gasteiger partial charge >= 0.3 is 0 Å². The van der Waals surface area contributed by atoms with E-state index >= 15 is 0 Å². The van der Waals surface area contributed by atoms with Crippen molar-refractivity contribution in [3.63, 3.8) is 0 Å². The van der Waals surface area contributed by atoms with E-state index in [2.05, 4.69) is 68.6 Å². The number of benzene rings is 2. The van der Waals surface area contributed by atoms with Crippen molar-refractivity contribution < 1.29 is 0 Å². The number of hydrogen-bond acceptors (Lipinski definition) is 1. The number of hydrogen-bond donors (Lipinski definition) is 1. The lowest BCUT2D eigenvalue weighted by molar-refractivity contribution is 1.00. The number of aryl methyl sites for hydroxylation is 3. The van der Waals surface area contributed by atoms with Crippen LogP contribution in [0.3, 0.4) is 0 Å². The van der Waals surface area contributed by atoms with Crippen molar-refractivity contribution in [2.75, 3.05) is 11.9 Å². The molecule has 2 aromatic rings. The zero-order chi connectivity index (χ0) is 13.0. The molecule has 1 nitrogen and oxygen atoms in total. The molecule has 0 saturated heterocycles. The molecule has 0 aliphatic heterocycles. The molecule has 1 heteroatoms. The number of anilines is 1. The van der Waals surface area contributed by atoms with Crippen molar-refractivity contribution >= 4 is 5.69 Å². The summed E-state index contributed by atoms with van der Waals surface area (Å²) in [5, 5.41) is 3.46. The average molecular weight is 239 g/mol. The first-order valence-corrected chi connectivity index (χ1v) is 6.52. The van der Waals surface area contributed by atoms with Crippen LogP contribution in [0.4, 0.5) is 5.69 Å². The standard InChI is InChI=1S/C17H21N/c1-13-5-8-17(9-6-13)18-11-10-16-7-4-14(2)12-15(16)3/h4-9,12,18H,10-11H2,1-3H3. The minimum Gasteiger partial charge on any atom is -0.385 e. The highest BCUT2D eigenvalue weighted by Gasteiger charge is 1.98. The quantitative estimate of drug-likeness (QED) is 0.840. The molecule has 0 aliphatic rings. The predicted molar refractivity (Wildman–Crippen MR) is 79.3 cm³/mol. The third-order valence-electron chi connectivity index (χ3n) is 3.27. The van der Waals surface area contributed by atoms with Gasteiger partial charge in [-0.2, -0.15) is 0 Å². The molecule has 2 aromatic carbocycles. The summed E-state index contributed by atoms with van der Waals surface area (Å²) >= 11 is 0. The molecule has 94 valence electrons. The van der Waals surface area contributed by atoms with Gasteiger partial charge in [-0.25, -0.2) is 0 Å². The Balaban J connectivity index is 1.90. The van der Waals surface area contributed by atoms with Crippen molar-refractivity contribution in [3.05, 3.63) is 64.7 Å². The first-order valence-electron chi connectivity index (χ1n) is 6.52. The number of nitrogens with one attached hydrogen (secondary N) is 1. The van der Waals surface area contributed by atoms with Gasteiger partial charge in [0.05, 0.1) is 0 Å². The first-order chi connectivity index (χ1) is 8.65. The molecule has 0 amide bonds. The van der Waals surface area contributed by atoms with Gasteiger partial charge < -0.3 is 5.32 Å². The van der Waals surface area contributed by atoms with E-state index in [0.717, 1.165) is 13.0 Å². The predicted octanol–water partition coefficient (Wildman–Crippen LogP) is 4.27. The van der Waals surface area contributed by atoms with Crippen LogP contribution < -0.4 is 5.32 Å². The fraction of sp³-hybridized carbons (Fsp3) is 0.294. The molecule has 1 N–H and O–H groups in total. The molecule has 0 heterocycles. The zero-order valence-electron chi connectivity index (χ0n) is 11.5. The second-order valence-electron chi connectivity index (χ2n) is 4.97. The Hall–Kier alpha value is -1.76.